The number of hydrogen-bond donors (Lipinski definition) is 2. The van der Waals surface area contributed by atoms with Crippen LogP contribution in [0.1, 0.15) is 32.0 Å². The van der Waals surface area contributed by atoms with E-state index in [4.69, 9.17) is 5.11 Å². The molecule has 0 radical (unpaired) electrons. The van der Waals surface area contributed by atoms with E-state index in [0.29, 0.717) is 16.8 Å². The Labute approximate surface area is 115 Å². The highest BCUT2D eigenvalue weighted by Gasteiger charge is 2.16. The molecule has 6 heteroatoms. The Bertz CT molecular complexity index is 716. The molecule has 1 aromatic heterocycles. The molecule has 1 heterocycles. The fourth-order valence-corrected chi connectivity index (χ4v) is 2.07. The monoisotopic (exact) mass is 274 g/mol. The molecule has 0 unspecified atom stereocenters. The first kappa shape index (κ1) is 13.8. The van der Waals surface area contributed by atoms with Gasteiger partial charge in [0, 0.05) is 12.6 Å². The molecule has 0 bridgehead atoms. The number of carboxylic acid groups (broad SMARTS) is 2. The first-order valence-corrected chi connectivity index (χ1v) is 5.93. The number of hydrogen-bond acceptors (Lipinski definition) is 3. The van der Waals surface area contributed by atoms with Gasteiger partial charge < -0.3 is 10.2 Å². The zero-order valence-electron chi connectivity index (χ0n) is 11.3. The van der Waals surface area contributed by atoms with Gasteiger partial charge in [0.2, 0.25) is 0 Å². The van der Waals surface area contributed by atoms with Crippen molar-refractivity contribution < 1.29 is 19.8 Å². The lowest BCUT2D eigenvalue weighted by atomic mass is 9.98. The SMILES string of the molecule is Cc1cc(-c2cc(C(=O)O)nn2C)cc(C(=O)O)c1C. The third-order valence-electron chi connectivity index (χ3n) is 3.29. The van der Waals surface area contributed by atoms with Crippen LogP contribution in [0.2, 0.25) is 0 Å². The molecule has 2 aromatic rings. The van der Waals surface area contributed by atoms with E-state index < -0.39 is 11.9 Å². The molecule has 0 saturated carbocycles. The highest BCUT2D eigenvalue weighted by molar-refractivity contribution is 5.92. The molecule has 0 amide bonds. The van der Waals surface area contributed by atoms with Gasteiger partial charge in [0.25, 0.3) is 0 Å². The fraction of sp³-hybridized carbons (Fsp3) is 0.214. The van der Waals surface area contributed by atoms with Crippen LogP contribution in [0.15, 0.2) is 18.2 Å². The summed E-state index contributed by atoms with van der Waals surface area (Å²) in [6, 6.07) is 4.79. The second-order valence-electron chi connectivity index (χ2n) is 4.61. The predicted octanol–water partition coefficient (Wildman–Crippen LogP) is 2.10. The van der Waals surface area contributed by atoms with Crippen molar-refractivity contribution in [2.75, 3.05) is 0 Å². The van der Waals surface area contributed by atoms with Crippen molar-refractivity contribution in [2.45, 2.75) is 13.8 Å². The molecule has 2 rings (SSSR count). The van der Waals surface area contributed by atoms with Crippen LogP contribution in [0, 0.1) is 13.8 Å². The summed E-state index contributed by atoms with van der Waals surface area (Å²) in [5.74, 6) is -2.12. The van der Waals surface area contributed by atoms with Crippen LogP contribution >= 0.6 is 0 Å². The number of aromatic nitrogens is 2. The molecule has 0 saturated heterocycles. The third-order valence-corrected chi connectivity index (χ3v) is 3.29. The summed E-state index contributed by atoms with van der Waals surface area (Å²) < 4.78 is 1.43. The quantitative estimate of drug-likeness (QED) is 0.894. The second kappa shape index (κ2) is 4.80. The van der Waals surface area contributed by atoms with E-state index in [0.717, 1.165) is 5.56 Å². The normalized spacial score (nSPS) is 10.6. The molecule has 0 spiro atoms. The highest BCUT2D eigenvalue weighted by Crippen LogP contribution is 2.25. The maximum atomic E-state index is 11.2. The summed E-state index contributed by atoms with van der Waals surface area (Å²) >= 11 is 0. The van der Waals surface area contributed by atoms with Crippen molar-refractivity contribution in [1.82, 2.24) is 9.78 Å². The summed E-state index contributed by atoms with van der Waals surface area (Å²) in [6.07, 6.45) is 0. The standard InChI is InChI=1S/C14H14N2O4/c1-7-4-9(5-10(8(7)2)13(17)18)12-6-11(14(19)20)15-16(12)3/h4-6H,1-3H3,(H,17,18)(H,19,20). The largest absolute Gasteiger partial charge is 0.478 e. The molecule has 0 fully saturated rings. The number of carbonyl (C=O) groups is 2. The number of nitrogens with zero attached hydrogens (tertiary/aromatic N) is 2. The maximum absolute atomic E-state index is 11.2. The van der Waals surface area contributed by atoms with Gasteiger partial charge in [-0.1, -0.05) is 0 Å². The van der Waals surface area contributed by atoms with Crippen LogP contribution in [0.3, 0.4) is 0 Å². The third kappa shape index (κ3) is 2.27. The Morgan fingerprint density at radius 3 is 2.25 bits per heavy atom. The lowest BCUT2D eigenvalue weighted by Gasteiger charge is -2.09. The Morgan fingerprint density at radius 1 is 1.10 bits per heavy atom. The number of benzene rings is 1. The van der Waals surface area contributed by atoms with E-state index in [9.17, 15) is 14.7 Å². The lowest BCUT2D eigenvalue weighted by Crippen LogP contribution is -2.03. The van der Waals surface area contributed by atoms with Crippen molar-refractivity contribution in [3.8, 4) is 11.3 Å². The van der Waals surface area contributed by atoms with Crippen LogP contribution in [-0.4, -0.2) is 31.9 Å². The van der Waals surface area contributed by atoms with Crippen LogP contribution < -0.4 is 0 Å². The molecule has 0 atom stereocenters. The van der Waals surface area contributed by atoms with Crippen molar-refractivity contribution in [1.29, 1.82) is 0 Å². The molecule has 2 N–H and O–H groups in total. The minimum absolute atomic E-state index is 0.0717. The summed E-state index contributed by atoms with van der Waals surface area (Å²) in [5, 5.41) is 22.0. The van der Waals surface area contributed by atoms with Gasteiger partial charge in [-0.05, 0) is 43.2 Å². The van der Waals surface area contributed by atoms with Crippen molar-refractivity contribution >= 4 is 11.9 Å². The molecular weight excluding hydrogens is 260 g/mol. The summed E-state index contributed by atoms with van der Waals surface area (Å²) in [7, 11) is 1.62. The molecular formula is C14H14N2O4. The highest BCUT2D eigenvalue weighted by atomic mass is 16.4. The van der Waals surface area contributed by atoms with Gasteiger partial charge in [0.1, 0.15) is 0 Å². The predicted molar refractivity (Wildman–Crippen MR) is 72.0 cm³/mol. The van der Waals surface area contributed by atoms with E-state index in [1.54, 1.807) is 14.0 Å². The van der Waals surface area contributed by atoms with Gasteiger partial charge in [-0.3, -0.25) is 4.68 Å². The first-order valence-electron chi connectivity index (χ1n) is 5.93. The zero-order valence-corrected chi connectivity index (χ0v) is 11.3. The number of aryl methyl sites for hydroxylation is 2. The fourth-order valence-electron chi connectivity index (χ4n) is 2.07. The summed E-state index contributed by atoms with van der Waals surface area (Å²) in [4.78, 5) is 22.2. The van der Waals surface area contributed by atoms with Gasteiger partial charge in [-0.25, -0.2) is 9.59 Å². The maximum Gasteiger partial charge on any atom is 0.356 e. The first-order chi connectivity index (χ1) is 9.31. The minimum Gasteiger partial charge on any atom is -0.478 e. The second-order valence-corrected chi connectivity index (χ2v) is 4.61. The summed E-state index contributed by atoms with van der Waals surface area (Å²) in [5.41, 5.74) is 2.86. The summed E-state index contributed by atoms with van der Waals surface area (Å²) in [6.45, 7) is 3.56. The van der Waals surface area contributed by atoms with Crippen LogP contribution in [-0.2, 0) is 7.05 Å². The average molecular weight is 274 g/mol. The molecule has 0 aliphatic carbocycles. The Hall–Kier alpha value is -2.63. The van der Waals surface area contributed by atoms with Gasteiger partial charge in [-0.15, -0.1) is 0 Å². The van der Waals surface area contributed by atoms with Crippen LogP contribution in [0.4, 0.5) is 0 Å². The Kier molecular flexibility index (Phi) is 3.31. The van der Waals surface area contributed by atoms with Crippen LogP contribution in [0.5, 0.6) is 0 Å². The van der Waals surface area contributed by atoms with E-state index >= 15 is 0 Å². The van der Waals surface area contributed by atoms with E-state index in [1.807, 2.05) is 13.0 Å². The van der Waals surface area contributed by atoms with Crippen molar-refractivity contribution in [3.05, 3.63) is 40.6 Å². The van der Waals surface area contributed by atoms with E-state index in [2.05, 4.69) is 5.10 Å². The van der Waals surface area contributed by atoms with Gasteiger partial charge in [0.05, 0.1) is 11.3 Å². The molecule has 1 aromatic carbocycles. The molecule has 0 aliphatic heterocycles. The van der Waals surface area contributed by atoms with Gasteiger partial charge in [-0.2, -0.15) is 5.10 Å². The van der Waals surface area contributed by atoms with Gasteiger partial charge >= 0.3 is 11.9 Å². The molecule has 104 valence electrons. The number of aromatic carboxylic acids is 2. The topological polar surface area (TPSA) is 92.4 Å². The molecule has 6 nitrogen and oxygen atoms in total. The molecule has 20 heavy (non-hydrogen) atoms. The molecule has 0 aliphatic rings. The minimum atomic E-state index is -1.12. The number of carboxylic acids is 2. The van der Waals surface area contributed by atoms with Crippen LogP contribution in [0.25, 0.3) is 11.3 Å². The Morgan fingerprint density at radius 2 is 1.75 bits per heavy atom. The lowest BCUT2D eigenvalue weighted by molar-refractivity contribution is 0.0681. The zero-order chi connectivity index (χ0) is 15.0. The van der Waals surface area contributed by atoms with Crippen molar-refractivity contribution in [2.24, 2.45) is 7.05 Å². The average Bonchev–Trinajstić information content (AvgIpc) is 2.74. The van der Waals surface area contributed by atoms with E-state index in [1.165, 1.54) is 16.8 Å². The van der Waals surface area contributed by atoms with Gasteiger partial charge in [0.15, 0.2) is 5.69 Å². The Balaban J connectivity index is 2.64. The number of rotatable bonds is 3. The van der Waals surface area contributed by atoms with E-state index in [-0.39, 0.29) is 11.3 Å². The van der Waals surface area contributed by atoms with Crippen molar-refractivity contribution in [3.63, 3.8) is 0 Å². The smallest absolute Gasteiger partial charge is 0.356 e.